The zero-order valence-corrected chi connectivity index (χ0v) is 37.2. The molecule has 0 N–H and O–H groups in total. The maximum atomic E-state index is 13.5. The molecule has 2 unspecified atom stereocenters. The summed E-state index contributed by atoms with van der Waals surface area (Å²) in [5, 5.41) is 39.8. The van der Waals surface area contributed by atoms with Crippen LogP contribution in [0.1, 0.15) is 109 Å². The van der Waals surface area contributed by atoms with E-state index in [4.69, 9.17) is 19.4 Å². The number of rotatable bonds is 4. The zero-order valence-electron chi connectivity index (χ0n) is 33.9. The Kier molecular flexibility index (Phi) is 10.0. The van der Waals surface area contributed by atoms with Gasteiger partial charge in [0.1, 0.15) is 66.5 Å². The van der Waals surface area contributed by atoms with Crippen molar-refractivity contribution in [2.75, 3.05) is 0 Å². The summed E-state index contributed by atoms with van der Waals surface area (Å²) >= 11 is 5.40. The highest BCUT2D eigenvalue weighted by atomic mass is 32.1. The van der Waals surface area contributed by atoms with Gasteiger partial charge in [-0.15, -0.1) is 45.3 Å². The lowest BCUT2D eigenvalue weighted by molar-refractivity contribution is -0.0374. The van der Waals surface area contributed by atoms with Crippen molar-refractivity contribution in [2.45, 2.75) is 102 Å². The molecule has 4 aliphatic carbocycles. The van der Waals surface area contributed by atoms with E-state index in [9.17, 15) is 30.6 Å². The van der Waals surface area contributed by atoms with Crippen molar-refractivity contribution >= 4 is 79.8 Å². The van der Waals surface area contributed by atoms with Crippen molar-refractivity contribution in [1.82, 2.24) is 19.1 Å². The lowest BCUT2D eigenvalue weighted by atomic mass is 9.73. The summed E-state index contributed by atoms with van der Waals surface area (Å²) in [6.07, 6.45) is 22.3. The molecule has 0 amide bonds. The van der Waals surface area contributed by atoms with Crippen LogP contribution in [0.25, 0.3) is 34.4 Å². The molecule has 2 aliphatic heterocycles. The van der Waals surface area contributed by atoms with Crippen molar-refractivity contribution in [3.63, 3.8) is 0 Å². The average Bonchev–Trinajstić information content (AvgIpc) is 4.06. The highest BCUT2D eigenvalue weighted by Crippen LogP contribution is 2.57. The molecule has 62 heavy (non-hydrogen) atoms. The highest BCUT2D eigenvalue weighted by molar-refractivity contribution is 7.14. The predicted octanol–water partition coefficient (Wildman–Crippen LogP) is 6.01. The van der Waals surface area contributed by atoms with Gasteiger partial charge in [-0.25, -0.2) is 9.97 Å². The molecular weight excluding hydrogens is 857 g/mol. The Morgan fingerprint density at radius 2 is 1.03 bits per heavy atom. The summed E-state index contributed by atoms with van der Waals surface area (Å²) < 4.78 is 18.8. The quantitative estimate of drug-likeness (QED) is 0.235. The SMILES string of the molecule is CCn1c(=C(C#N)C#N)s/c(=C\c2nc3c(s2)C2=CC4C=C5OC6(CCCCC6)c6nc(/C=c7/sc(=C(C#N)C#N)n(CC)c7=O)sc6C5=CC4C=C2OC32CCCCC2)c1=O. The molecule has 6 aliphatic rings. The number of allylic oxidation sites excluding steroid dienone is 6. The van der Waals surface area contributed by atoms with Gasteiger partial charge in [-0.2, -0.15) is 21.0 Å². The molecule has 2 spiro atoms. The van der Waals surface area contributed by atoms with E-state index in [-0.39, 0.29) is 34.1 Å². The second-order valence-electron chi connectivity index (χ2n) is 16.3. The lowest BCUT2D eigenvalue weighted by Gasteiger charge is -2.45. The third-order valence-corrected chi connectivity index (χ3v) is 17.1. The van der Waals surface area contributed by atoms with E-state index in [0.29, 0.717) is 41.5 Å². The first-order valence-electron chi connectivity index (χ1n) is 21.0. The summed E-state index contributed by atoms with van der Waals surface area (Å²) in [5.74, 6) is 1.63. The molecule has 6 heterocycles. The first kappa shape index (κ1) is 40.2. The van der Waals surface area contributed by atoms with Gasteiger partial charge in [0.15, 0.2) is 22.3 Å². The first-order valence-corrected chi connectivity index (χ1v) is 24.2. The van der Waals surface area contributed by atoms with Crippen LogP contribution in [0.5, 0.6) is 0 Å². The maximum Gasteiger partial charge on any atom is 0.269 e. The van der Waals surface area contributed by atoms with E-state index in [0.717, 1.165) is 131 Å². The number of hydrogen-bond acceptors (Lipinski definition) is 14. The highest BCUT2D eigenvalue weighted by Gasteiger charge is 2.50. The van der Waals surface area contributed by atoms with Crippen molar-refractivity contribution in [3.05, 3.63) is 106 Å². The van der Waals surface area contributed by atoms with E-state index in [1.54, 1.807) is 34.8 Å². The summed E-state index contributed by atoms with van der Waals surface area (Å²) in [6, 6.07) is 7.76. The van der Waals surface area contributed by atoms with Crippen LogP contribution in [0.3, 0.4) is 0 Å². The molecular formula is C46H38N8O4S4. The fourth-order valence-electron chi connectivity index (χ4n) is 9.84. The number of ether oxygens (including phenoxy) is 2. The minimum absolute atomic E-state index is 0.0228. The van der Waals surface area contributed by atoms with E-state index >= 15 is 0 Å². The predicted molar refractivity (Wildman–Crippen MR) is 238 cm³/mol. The van der Waals surface area contributed by atoms with E-state index < -0.39 is 11.2 Å². The fourth-order valence-corrected chi connectivity index (χ4v) is 14.4. The van der Waals surface area contributed by atoms with Crippen molar-refractivity contribution in [1.29, 1.82) is 21.0 Å². The van der Waals surface area contributed by atoms with Crippen LogP contribution in [-0.4, -0.2) is 19.1 Å². The average molecular weight is 895 g/mol. The summed E-state index contributed by atoms with van der Waals surface area (Å²) in [5.41, 5.74) is 1.98. The largest absolute Gasteiger partial charge is 0.481 e. The molecule has 0 bridgehead atoms. The van der Waals surface area contributed by atoms with Gasteiger partial charge >= 0.3 is 0 Å². The van der Waals surface area contributed by atoms with E-state index in [2.05, 4.69) is 24.3 Å². The van der Waals surface area contributed by atoms with Crippen LogP contribution >= 0.6 is 45.3 Å². The van der Waals surface area contributed by atoms with E-state index in [1.165, 1.54) is 9.13 Å². The summed E-state index contributed by atoms with van der Waals surface area (Å²) in [4.78, 5) is 39.6. The monoisotopic (exact) mass is 894 g/mol. The minimum atomic E-state index is -0.588. The second kappa shape index (κ2) is 15.5. The van der Waals surface area contributed by atoms with Crippen LogP contribution in [-0.2, 0) is 33.8 Å². The van der Waals surface area contributed by atoms with Crippen molar-refractivity contribution in [3.8, 4) is 24.3 Å². The van der Waals surface area contributed by atoms with Gasteiger partial charge in [-0.3, -0.25) is 18.7 Å². The summed E-state index contributed by atoms with van der Waals surface area (Å²) in [6.45, 7) is 4.33. The van der Waals surface area contributed by atoms with Gasteiger partial charge in [0.2, 0.25) is 0 Å². The number of aromatic nitrogens is 4. The van der Waals surface area contributed by atoms with Crippen LogP contribution < -0.4 is 29.5 Å². The third-order valence-electron chi connectivity index (χ3n) is 12.8. The topological polar surface area (TPSA) is 183 Å². The molecule has 0 aromatic carbocycles. The Labute approximate surface area is 371 Å². The molecule has 2 atom stereocenters. The Morgan fingerprint density at radius 1 is 0.645 bits per heavy atom. The van der Waals surface area contributed by atoms with Crippen LogP contribution in [0.2, 0.25) is 0 Å². The van der Waals surface area contributed by atoms with Gasteiger partial charge in [0.05, 0.1) is 18.8 Å². The molecule has 4 aromatic rings. The molecule has 310 valence electrons. The minimum Gasteiger partial charge on any atom is -0.481 e. The van der Waals surface area contributed by atoms with Gasteiger partial charge in [0, 0.05) is 36.1 Å². The Balaban J connectivity index is 1.08. The van der Waals surface area contributed by atoms with Gasteiger partial charge in [0.25, 0.3) is 11.1 Å². The smallest absolute Gasteiger partial charge is 0.269 e. The number of fused-ring (bicyclic) bond motifs is 9. The molecule has 12 nitrogen and oxygen atoms in total. The van der Waals surface area contributed by atoms with Crippen LogP contribution in [0.15, 0.2) is 45.4 Å². The van der Waals surface area contributed by atoms with Crippen molar-refractivity contribution < 1.29 is 9.47 Å². The molecule has 0 radical (unpaired) electrons. The maximum absolute atomic E-state index is 13.5. The molecule has 2 fully saturated rings. The first-order chi connectivity index (χ1) is 30.2. The van der Waals surface area contributed by atoms with Gasteiger partial charge < -0.3 is 9.47 Å². The fraction of sp³-hybridized carbons (Fsp3) is 0.391. The van der Waals surface area contributed by atoms with Gasteiger partial charge in [-0.1, -0.05) is 25.0 Å². The number of nitrogens with zero attached hydrogens (tertiary/aromatic N) is 8. The van der Waals surface area contributed by atoms with Crippen LogP contribution in [0.4, 0.5) is 0 Å². The Bertz CT molecular complexity index is 3050. The molecule has 0 saturated heterocycles. The van der Waals surface area contributed by atoms with Gasteiger partial charge in [-0.05, 0) is 89.5 Å². The third kappa shape index (κ3) is 6.27. The second-order valence-corrected chi connectivity index (χ2v) is 20.4. The van der Waals surface area contributed by atoms with Crippen molar-refractivity contribution in [2.24, 2.45) is 11.8 Å². The number of hydrogen-bond donors (Lipinski definition) is 0. The number of nitriles is 4. The molecule has 10 rings (SSSR count). The molecule has 4 aromatic heterocycles. The lowest BCUT2D eigenvalue weighted by Crippen LogP contribution is -2.38. The standard InChI is InChI=1S/C46H38N8O4S4/c1-3-53-41(55)33(59-43(53)27(21-47)22-48)19-35-51-39-37(61-35)29-15-25-18-32-30(16-26(25)17-31(29)57-45(39)11-7-5-8-12-45)38-40(46(58-32)13-9-6-10-14-46)52-36(62-38)20-34-42(56)54(4-2)44(60-34)28(23-49)24-50/h15-20,25-26H,3-14H2,1-2H3/b33-19-,34-20+. The summed E-state index contributed by atoms with van der Waals surface area (Å²) in [7, 11) is 0. The Morgan fingerprint density at radius 3 is 1.39 bits per heavy atom. The number of thiazole rings is 4. The molecule has 2 saturated carbocycles. The Hall–Kier alpha value is -5.88. The molecule has 16 heteroatoms. The normalized spacial score (nSPS) is 21.7. The van der Waals surface area contributed by atoms with Crippen LogP contribution in [0, 0.1) is 57.2 Å². The van der Waals surface area contributed by atoms with E-state index in [1.807, 2.05) is 38.1 Å². The zero-order chi connectivity index (χ0) is 42.9.